The van der Waals surface area contributed by atoms with Crippen LogP contribution in [0.4, 0.5) is 11.4 Å². The molecule has 2 amide bonds. The second-order valence-electron chi connectivity index (χ2n) is 5.00. The van der Waals surface area contributed by atoms with Crippen LogP contribution in [0.3, 0.4) is 0 Å². The van der Waals surface area contributed by atoms with Crippen molar-refractivity contribution in [1.82, 2.24) is 4.98 Å². The maximum Gasteiger partial charge on any atom is 0.270 e. The van der Waals surface area contributed by atoms with Crippen molar-refractivity contribution >= 4 is 57.6 Å². The second kappa shape index (κ2) is 6.94. The lowest BCUT2D eigenvalue weighted by molar-refractivity contribution is -0.114. The van der Waals surface area contributed by atoms with Crippen molar-refractivity contribution in [3.05, 3.63) is 59.3 Å². The Bertz CT molecular complexity index is 833. The van der Waals surface area contributed by atoms with Crippen LogP contribution in [0.5, 0.6) is 0 Å². The fraction of sp³-hybridized carbons (Fsp3) is 0.0588. The summed E-state index contributed by atoms with van der Waals surface area (Å²) in [5.74, 6) is -0.324. The molecule has 5 nitrogen and oxygen atoms in total. The third-order valence-corrected chi connectivity index (χ3v) is 4.51. The summed E-state index contributed by atoms with van der Waals surface area (Å²) in [5, 5.41) is 2.69. The number of rotatable bonds is 3. The predicted molar refractivity (Wildman–Crippen MR) is 101 cm³/mol. The van der Waals surface area contributed by atoms with E-state index < -0.39 is 0 Å². The van der Waals surface area contributed by atoms with Crippen molar-refractivity contribution in [1.29, 1.82) is 0 Å². The van der Waals surface area contributed by atoms with Gasteiger partial charge in [-0.05, 0) is 42.5 Å². The summed E-state index contributed by atoms with van der Waals surface area (Å²) in [4.78, 5) is 29.9. The van der Waals surface area contributed by atoms with E-state index in [2.05, 4.69) is 10.3 Å². The third-order valence-electron chi connectivity index (χ3n) is 3.21. The summed E-state index contributed by atoms with van der Waals surface area (Å²) in [6.07, 6.45) is 3.40. The smallest absolute Gasteiger partial charge is 0.270 e. The highest BCUT2D eigenvalue weighted by molar-refractivity contribution is 8.27. The number of thiocarbonyl (C=S) groups is 1. The summed E-state index contributed by atoms with van der Waals surface area (Å²) in [7, 11) is 0. The molecule has 7 heteroatoms. The number of pyridine rings is 1. The molecule has 0 aliphatic carbocycles. The standard InChI is InChI=1S/C17H13N3O2S2/c1-11(21)19-12-5-7-14(8-6-12)20-16(22)15(24-17(20)23)10-13-4-2-3-9-18-13/h2-10H,1H3,(H,19,21)/b15-10-. The molecule has 120 valence electrons. The summed E-state index contributed by atoms with van der Waals surface area (Å²) in [6.45, 7) is 1.44. The zero-order valence-electron chi connectivity index (χ0n) is 12.7. The van der Waals surface area contributed by atoms with E-state index in [1.54, 1.807) is 36.5 Å². The van der Waals surface area contributed by atoms with Crippen molar-refractivity contribution in [2.24, 2.45) is 0 Å². The molecular weight excluding hydrogens is 342 g/mol. The number of carbonyl (C=O) groups is 2. The van der Waals surface area contributed by atoms with E-state index in [-0.39, 0.29) is 11.8 Å². The molecule has 0 unspecified atom stereocenters. The van der Waals surface area contributed by atoms with Gasteiger partial charge in [0.1, 0.15) is 0 Å². The molecule has 2 heterocycles. The predicted octanol–water partition coefficient (Wildman–Crippen LogP) is 3.45. The van der Waals surface area contributed by atoms with Crippen molar-refractivity contribution < 1.29 is 9.59 Å². The van der Waals surface area contributed by atoms with Gasteiger partial charge in [0.2, 0.25) is 5.91 Å². The number of nitrogens with one attached hydrogen (secondary N) is 1. The Morgan fingerprint density at radius 2 is 2.00 bits per heavy atom. The third kappa shape index (κ3) is 3.52. The molecule has 0 radical (unpaired) electrons. The fourth-order valence-corrected chi connectivity index (χ4v) is 3.47. The topological polar surface area (TPSA) is 62.3 Å². The van der Waals surface area contributed by atoms with Gasteiger partial charge < -0.3 is 5.32 Å². The van der Waals surface area contributed by atoms with Crippen LogP contribution in [0, 0.1) is 0 Å². The fourth-order valence-electron chi connectivity index (χ4n) is 2.18. The molecule has 3 rings (SSSR count). The number of thioether (sulfide) groups is 1. The lowest BCUT2D eigenvalue weighted by Crippen LogP contribution is -2.27. The molecule has 1 fully saturated rings. The van der Waals surface area contributed by atoms with Crippen LogP contribution in [-0.4, -0.2) is 21.1 Å². The minimum atomic E-state index is -0.178. The van der Waals surface area contributed by atoms with E-state index in [1.165, 1.54) is 23.6 Å². The van der Waals surface area contributed by atoms with E-state index >= 15 is 0 Å². The lowest BCUT2D eigenvalue weighted by atomic mass is 10.2. The Balaban J connectivity index is 1.84. The summed E-state index contributed by atoms with van der Waals surface area (Å²) < 4.78 is 0.467. The SMILES string of the molecule is CC(=O)Nc1ccc(N2C(=O)/C(=C/c3ccccn3)SC2=S)cc1. The van der Waals surface area contributed by atoms with Crippen molar-refractivity contribution in [2.75, 3.05) is 10.2 Å². The average molecular weight is 355 g/mol. The number of hydrogen-bond donors (Lipinski definition) is 1. The van der Waals surface area contributed by atoms with Gasteiger partial charge in [-0.1, -0.05) is 30.0 Å². The van der Waals surface area contributed by atoms with Gasteiger partial charge in [0, 0.05) is 18.8 Å². The monoisotopic (exact) mass is 355 g/mol. The number of aromatic nitrogens is 1. The summed E-state index contributed by atoms with van der Waals surface area (Å²) in [6, 6.07) is 12.5. The normalized spacial score (nSPS) is 15.9. The highest BCUT2D eigenvalue weighted by Gasteiger charge is 2.33. The minimum absolute atomic E-state index is 0.147. The summed E-state index contributed by atoms with van der Waals surface area (Å²) >= 11 is 6.58. The first-order valence-electron chi connectivity index (χ1n) is 7.11. The van der Waals surface area contributed by atoms with Gasteiger partial charge in [-0.2, -0.15) is 0 Å². The van der Waals surface area contributed by atoms with Crippen LogP contribution in [0.2, 0.25) is 0 Å². The van der Waals surface area contributed by atoms with Crippen LogP contribution in [-0.2, 0) is 9.59 Å². The summed E-state index contributed by atoms with van der Waals surface area (Å²) in [5.41, 5.74) is 2.04. The Kier molecular flexibility index (Phi) is 4.73. The molecule has 1 aliphatic heterocycles. The van der Waals surface area contributed by atoms with Gasteiger partial charge >= 0.3 is 0 Å². The highest BCUT2D eigenvalue weighted by atomic mass is 32.2. The van der Waals surface area contributed by atoms with E-state index in [9.17, 15) is 9.59 Å². The van der Waals surface area contributed by atoms with Gasteiger partial charge in [0.05, 0.1) is 16.3 Å². The molecule has 24 heavy (non-hydrogen) atoms. The van der Waals surface area contributed by atoms with E-state index in [4.69, 9.17) is 12.2 Å². The van der Waals surface area contributed by atoms with Gasteiger partial charge in [-0.3, -0.25) is 19.5 Å². The Morgan fingerprint density at radius 1 is 1.25 bits per heavy atom. The quantitative estimate of drug-likeness (QED) is 0.675. The molecule has 1 N–H and O–H groups in total. The molecular formula is C17H13N3O2S2. The van der Waals surface area contributed by atoms with Crippen molar-refractivity contribution in [3.8, 4) is 0 Å². The number of benzene rings is 1. The second-order valence-corrected chi connectivity index (χ2v) is 6.68. The Hall–Kier alpha value is -2.51. The van der Waals surface area contributed by atoms with Crippen molar-refractivity contribution in [3.63, 3.8) is 0 Å². The zero-order valence-corrected chi connectivity index (χ0v) is 14.4. The van der Waals surface area contributed by atoms with Gasteiger partial charge in [-0.25, -0.2) is 0 Å². The van der Waals surface area contributed by atoms with Crippen molar-refractivity contribution in [2.45, 2.75) is 6.92 Å². The molecule has 0 atom stereocenters. The van der Waals surface area contributed by atoms with Gasteiger partial charge in [0.25, 0.3) is 5.91 Å². The molecule has 0 saturated carbocycles. The van der Waals surface area contributed by atoms with Crippen LogP contribution in [0.15, 0.2) is 53.6 Å². The highest BCUT2D eigenvalue weighted by Crippen LogP contribution is 2.36. The average Bonchev–Trinajstić information content (AvgIpc) is 2.83. The first-order valence-corrected chi connectivity index (χ1v) is 8.34. The van der Waals surface area contributed by atoms with E-state index in [1.807, 2.05) is 18.2 Å². The molecule has 1 aromatic heterocycles. The zero-order chi connectivity index (χ0) is 17.1. The molecule has 0 bridgehead atoms. The number of amides is 2. The number of anilines is 2. The van der Waals surface area contributed by atoms with E-state index in [0.717, 1.165) is 0 Å². The molecule has 1 aliphatic rings. The van der Waals surface area contributed by atoms with E-state index in [0.29, 0.717) is 26.3 Å². The van der Waals surface area contributed by atoms with Crippen LogP contribution in [0.1, 0.15) is 12.6 Å². The number of hydrogen-bond acceptors (Lipinski definition) is 5. The van der Waals surface area contributed by atoms with Crippen LogP contribution < -0.4 is 10.2 Å². The van der Waals surface area contributed by atoms with Gasteiger partial charge in [-0.15, -0.1) is 0 Å². The first-order chi connectivity index (χ1) is 11.5. The molecule has 0 spiro atoms. The number of nitrogens with zero attached hydrogens (tertiary/aromatic N) is 2. The van der Waals surface area contributed by atoms with Gasteiger partial charge in [0.15, 0.2) is 4.32 Å². The molecule has 1 aromatic carbocycles. The van der Waals surface area contributed by atoms with Crippen LogP contribution in [0.25, 0.3) is 6.08 Å². The lowest BCUT2D eigenvalue weighted by Gasteiger charge is -2.15. The minimum Gasteiger partial charge on any atom is -0.326 e. The Labute approximate surface area is 148 Å². The largest absolute Gasteiger partial charge is 0.326 e. The Morgan fingerprint density at radius 3 is 2.62 bits per heavy atom. The maximum atomic E-state index is 12.6. The van der Waals surface area contributed by atoms with Crippen LogP contribution >= 0.6 is 24.0 Å². The molecule has 1 saturated heterocycles. The number of carbonyl (C=O) groups excluding carboxylic acids is 2. The molecule has 2 aromatic rings. The first kappa shape index (κ1) is 16.4. The maximum absolute atomic E-state index is 12.6.